The maximum Gasteiger partial charge on any atom is 0.118 e. The molecule has 0 unspecified atom stereocenters. The first kappa shape index (κ1) is 18.4. The Morgan fingerprint density at radius 2 is 1.46 bits per heavy atom. The molecular weight excluding hydrogens is 292 g/mol. The van der Waals surface area contributed by atoms with E-state index < -0.39 is 0 Å². The highest BCUT2D eigenvalue weighted by Crippen LogP contribution is 2.24. The van der Waals surface area contributed by atoms with E-state index in [0.29, 0.717) is 0 Å². The van der Waals surface area contributed by atoms with Crippen molar-refractivity contribution in [2.75, 3.05) is 19.6 Å². The minimum atomic E-state index is 0.996. The van der Waals surface area contributed by atoms with Crippen LogP contribution in [0.25, 0.3) is 0 Å². The second-order valence-electron chi connectivity index (χ2n) is 6.86. The smallest absolute Gasteiger partial charge is 0.118 e. The van der Waals surface area contributed by atoms with Crippen LogP contribution in [0.3, 0.4) is 0 Å². The lowest BCUT2D eigenvalue weighted by molar-refractivity contribution is -0.929. The molecule has 0 spiro atoms. The Labute approximate surface area is 147 Å². The number of nitrogens with zero attached hydrogens (tertiary/aromatic N) is 2. The Morgan fingerprint density at radius 3 is 2.00 bits per heavy atom. The van der Waals surface area contributed by atoms with Crippen molar-refractivity contribution in [3.63, 3.8) is 0 Å². The molecule has 0 N–H and O–H groups in total. The zero-order valence-corrected chi connectivity index (χ0v) is 15.8. The molecule has 0 bridgehead atoms. The normalized spacial score (nSPS) is 12.5. The van der Waals surface area contributed by atoms with Crippen LogP contribution in [0.4, 0.5) is 5.69 Å². The van der Waals surface area contributed by atoms with Crippen LogP contribution in [0.2, 0.25) is 0 Å². The van der Waals surface area contributed by atoms with E-state index in [1.807, 2.05) is 0 Å². The molecule has 0 aliphatic heterocycles. The van der Waals surface area contributed by atoms with Crippen LogP contribution in [-0.4, -0.2) is 29.8 Å². The van der Waals surface area contributed by atoms with E-state index in [1.165, 1.54) is 22.4 Å². The van der Waals surface area contributed by atoms with E-state index >= 15 is 0 Å². The fourth-order valence-electron chi connectivity index (χ4n) is 3.39. The number of para-hydroxylation sites is 1. The van der Waals surface area contributed by atoms with E-state index in [2.05, 4.69) is 83.1 Å². The van der Waals surface area contributed by atoms with Crippen LogP contribution in [-0.2, 0) is 6.54 Å². The molecule has 2 aromatic carbocycles. The van der Waals surface area contributed by atoms with Gasteiger partial charge in [0, 0.05) is 5.56 Å². The lowest BCUT2D eigenvalue weighted by Gasteiger charge is -2.37. The Bertz CT molecular complexity index is 662. The van der Waals surface area contributed by atoms with Crippen LogP contribution in [0, 0.1) is 13.8 Å². The molecule has 2 aromatic rings. The summed E-state index contributed by atoms with van der Waals surface area (Å²) in [6, 6.07) is 17.2. The molecule has 0 aliphatic rings. The van der Waals surface area contributed by atoms with Crippen molar-refractivity contribution in [2.24, 2.45) is 4.99 Å². The molecule has 2 rings (SSSR count). The summed E-state index contributed by atoms with van der Waals surface area (Å²) < 4.78 is 1.05. The SMILES string of the molecule is CC[N+](CC)(CC(C)=Nc1c(C)cccc1C)Cc1ccccc1. The van der Waals surface area contributed by atoms with Crippen LogP contribution in [0.15, 0.2) is 53.5 Å². The van der Waals surface area contributed by atoms with Gasteiger partial charge in [0.05, 0.1) is 24.5 Å². The van der Waals surface area contributed by atoms with Gasteiger partial charge in [0.15, 0.2) is 0 Å². The summed E-state index contributed by atoms with van der Waals surface area (Å²) in [5.74, 6) is 0. The second-order valence-corrected chi connectivity index (χ2v) is 6.86. The van der Waals surface area contributed by atoms with Gasteiger partial charge >= 0.3 is 0 Å². The third-order valence-corrected chi connectivity index (χ3v) is 5.01. The molecule has 0 heterocycles. The van der Waals surface area contributed by atoms with E-state index in [4.69, 9.17) is 4.99 Å². The molecule has 0 fully saturated rings. The number of aliphatic imine (C=N–C) groups is 1. The Hall–Kier alpha value is -1.93. The average Bonchev–Trinajstić information content (AvgIpc) is 2.58. The first-order valence-corrected chi connectivity index (χ1v) is 8.99. The van der Waals surface area contributed by atoms with Crippen molar-refractivity contribution in [2.45, 2.75) is 41.2 Å². The van der Waals surface area contributed by atoms with Gasteiger partial charge in [0.25, 0.3) is 0 Å². The average molecular weight is 324 g/mol. The summed E-state index contributed by atoms with van der Waals surface area (Å²) in [5.41, 5.74) is 6.26. The predicted octanol–water partition coefficient (Wildman–Crippen LogP) is 5.45. The molecular formula is C22H31N2+. The van der Waals surface area contributed by atoms with Gasteiger partial charge in [-0.25, -0.2) is 0 Å². The van der Waals surface area contributed by atoms with Crippen molar-refractivity contribution >= 4 is 11.4 Å². The highest BCUT2D eigenvalue weighted by molar-refractivity contribution is 5.86. The van der Waals surface area contributed by atoms with Crippen LogP contribution >= 0.6 is 0 Å². The van der Waals surface area contributed by atoms with Gasteiger partial charge in [-0.15, -0.1) is 0 Å². The third kappa shape index (κ3) is 4.55. The zero-order valence-electron chi connectivity index (χ0n) is 15.8. The van der Waals surface area contributed by atoms with Gasteiger partial charge in [0.2, 0.25) is 0 Å². The largest absolute Gasteiger partial charge is 0.316 e. The van der Waals surface area contributed by atoms with Gasteiger partial charge in [0.1, 0.15) is 13.1 Å². The minimum absolute atomic E-state index is 0.996. The van der Waals surface area contributed by atoms with E-state index in [1.54, 1.807) is 0 Å². The first-order valence-electron chi connectivity index (χ1n) is 8.99. The number of quaternary nitrogens is 1. The quantitative estimate of drug-likeness (QED) is 0.474. The summed E-state index contributed by atoms with van der Waals surface area (Å²) in [4.78, 5) is 4.98. The van der Waals surface area contributed by atoms with Gasteiger partial charge in [-0.3, -0.25) is 4.99 Å². The molecule has 0 aliphatic carbocycles. The fourth-order valence-corrected chi connectivity index (χ4v) is 3.39. The van der Waals surface area contributed by atoms with Gasteiger partial charge in [-0.2, -0.15) is 0 Å². The topological polar surface area (TPSA) is 12.4 Å². The van der Waals surface area contributed by atoms with Gasteiger partial charge in [-0.1, -0.05) is 48.5 Å². The van der Waals surface area contributed by atoms with Gasteiger partial charge < -0.3 is 4.48 Å². The zero-order chi connectivity index (χ0) is 17.6. The molecule has 0 aromatic heterocycles. The van der Waals surface area contributed by atoms with Crippen molar-refractivity contribution in [1.29, 1.82) is 0 Å². The number of aryl methyl sites for hydroxylation is 2. The highest BCUT2D eigenvalue weighted by Gasteiger charge is 2.24. The lowest BCUT2D eigenvalue weighted by Crippen LogP contribution is -2.49. The molecule has 0 atom stereocenters. The number of hydrogen-bond donors (Lipinski definition) is 0. The molecule has 0 amide bonds. The van der Waals surface area contributed by atoms with E-state index in [0.717, 1.165) is 36.3 Å². The molecule has 0 radical (unpaired) electrons. The number of benzene rings is 2. The monoisotopic (exact) mass is 323 g/mol. The summed E-state index contributed by atoms with van der Waals surface area (Å²) in [6.45, 7) is 15.3. The predicted molar refractivity (Wildman–Crippen MR) is 105 cm³/mol. The first-order chi connectivity index (χ1) is 11.5. The summed E-state index contributed by atoms with van der Waals surface area (Å²) >= 11 is 0. The second kappa shape index (κ2) is 8.25. The fraction of sp³-hybridized carbons (Fsp3) is 0.409. The molecule has 2 nitrogen and oxygen atoms in total. The Balaban J connectivity index is 2.25. The van der Waals surface area contributed by atoms with Crippen molar-refractivity contribution < 1.29 is 4.48 Å². The molecule has 2 heteroatoms. The van der Waals surface area contributed by atoms with Crippen molar-refractivity contribution in [3.05, 3.63) is 65.2 Å². The third-order valence-electron chi connectivity index (χ3n) is 5.01. The van der Waals surface area contributed by atoms with Crippen molar-refractivity contribution in [1.82, 2.24) is 0 Å². The van der Waals surface area contributed by atoms with Crippen LogP contribution in [0.1, 0.15) is 37.5 Å². The molecule has 0 saturated carbocycles. The maximum absolute atomic E-state index is 4.98. The summed E-state index contributed by atoms with van der Waals surface area (Å²) in [7, 11) is 0. The highest BCUT2D eigenvalue weighted by atomic mass is 15.3. The minimum Gasteiger partial charge on any atom is -0.316 e. The number of rotatable bonds is 7. The van der Waals surface area contributed by atoms with Crippen molar-refractivity contribution in [3.8, 4) is 0 Å². The molecule has 0 saturated heterocycles. The Morgan fingerprint density at radius 1 is 0.875 bits per heavy atom. The summed E-state index contributed by atoms with van der Waals surface area (Å²) in [6.07, 6.45) is 0. The van der Waals surface area contributed by atoms with Crippen LogP contribution in [0.5, 0.6) is 0 Å². The molecule has 24 heavy (non-hydrogen) atoms. The maximum atomic E-state index is 4.98. The molecule has 128 valence electrons. The Kier molecular flexibility index (Phi) is 6.33. The van der Waals surface area contributed by atoms with Crippen LogP contribution < -0.4 is 0 Å². The summed E-state index contributed by atoms with van der Waals surface area (Å²) in [5, 5.41) is 0. The van der Waals surface area contributed by atoms with E-state index in [9.17, 15) is 0 Å². The standard InChI is InChI=1S/C22H31N2/c1-6-24(7-2,17-21-14-9-8-10-15-21)16-20(5)23-22-18(3)12-11-13-19(22)4/h8-15H,6-7,16-17H2,1-5H3/q+1. The number of hydrogen-bond acceptors (Lipinski definition) is 1. The van der Waals surface area contributed by atoms with E-state index in [-0.39, 0.29) is 0 Å². The van der Waals surface area contributed by atoms with Gasteiger partial charge in [-0.05, 0) is 45.7 Å². The lowest BCUT2D eigenvalue weighted by atomic mass is 10.1.